The van der Waals surface area contributed by atoms with E-state index < -0.39 is 0 Å². The highest BCUT2D eigenvalue weighted by Crippen LogP contribution is 2.29. The van der Waals surface area contributed by atoms with Gasteiger partial charge in [0, 0.05) is 32.2 Å². The van der Waals surface area contributed by atoms with Crippen molar-refractivity contribution < 1.29 is 23.5 Å². The van der Waals surface area contributed by atoms with Gasteiger partial charge in [0.2, 0.25) is 5.91 Å². The molecule has 1 aromatic rings. The lowest BCUT2D eigenvalue weighted by Gasteiger charge is -2.36. The Morgan fingerprint density at radius 3 is 2.48 bits per heavy atom. The van der Waals surface area contributed by atoms with Crippen LogP contribution in [0.25, 0.3) is 0 Å². The van der Waals surface area contributed by atoms with Crippen molar-refractivity contribution in [2.24, 2.45) is 0 Å². The monoisotopic (exact) mass is 417 g/mol. The van der Waals surface area contributed by atoms with Gasteiger partial charge in [0.1, 0.15) is 11.6 Å². The zero-order chi connectivity index (χ0) is 18.7. The first-order valence-electron chi connectivity index (χ1n) is 8.27. The fourth-order valence-corrected chi connectivity index (χ4v) is 3.79. The Morgan fingerprint density at radius 1 is 1.19 bits per heavy atom. The molecule has 7 nitrogen and oxygen atoms in total. The number of amides is 2. The molecule has 2 aliphatic rings. The number of nitrogens with zero attached hydrogens (tertiary/aromatic N) is 3. The summed E-state index contributed by atoms with van der Waals surface area (Å²) in [6, 6.07) is 4.44. The van der Waals surface area contributed by atoms with Crippen LogP contribution in [0.5, 0.6) is 5.75 Å². The van der Waals surface area contributed by atoms with Crippen molar-refractivity contribution in [3.8, 4) is 5.75 Å². The van der Waals surface area contributed by atoms with Crippen molar-refractivity contribution in [3.05, 3.63) is 24.0 Å². The molecule has 0 saturated carbocycles. The van der Waals surface area contributed by atoms with Crippen LogP contribution < -0.4 is 9.64 Å². The molecule has 0 atom stereocenters. The third-order valence-corrected chi connectivity index (χ3v) is 5.29. The largest absolute Gasteiger partial charge is 0.494 e. The quantitative estimate of drug-likeness (QED) is 0.696. The van der Waals surface area contributed by atoms with Crippen molar-refractivity contribution in [1.29, 1.82) is 0 Å². The molecule has 0 bridgehead atoms. The Balaban J connectivity index is 0.00000261. The summed E-state index contributed by atoms with van der Waals surface area (Å²) in [5.74, 6) is -0.203. The fraction of sp³-hybridized carbons (Fsp3) is 0.471. The number of benzene rings is 1. The van der Waals surface area contributed by atoms with Gasteiger partial charge in [-0.25, -0.2) is 4.39 Å². The highest BCUT2D eigenvalue weighted by molar-refractivity contribution is 8.14. The number of carbonyl (C=O) groups excluding carboxylic acids is 3. The number of imide groups is 1. The van der Waals surface area contributed by atoms with Crippen LogP contribution in [0.4, 0.5) is 14.9 Å². The second-order valence-electron chi connectivity index (χ2n) is 6.15. The fourth-order valence-electron chi connectivity index (χ4n) is 3.07. The molecule has 2 saturated heterocycles. The molecule has 1 aromatic carbocycles. The van der Waals surface area contributed by atoms with Crippen LogP contribution in [0.15, 0.2) is 18.2 Å². The minimum absolute atomic E-state index is 0. The normalized spacial score (nSPS) is 17.9. The van der Waals surface area contributed by atoms with E-state index in [0.717, 1.165) is 22.3 Å². The molecule has 2 aliphatic heterocycles. The summed E-state index contributed by atoms with van der Waals surface area (Å²) in [7, 11) is 1.51. The number of ketones is 1. The van der Waals surface area contributed by atoms with Crippen molar-refractivity contribution in [3.63, 3.8) is 0 Å². The molecule has 3 rings (SSSR count). The molecular formula is C17H21ClFN3O4S. The second-order valence-corrected chi connectivity index (χ2v) is 7.08. The number of hydrogen-bond donors (Lipinski definition) is 0. The Kier molecular flexibility index (Phi) is 7.46. The predicted molar refractivity (Wildman–Crippen MR) is 103 cm³/mol. The van der Waals surface area contributed by atoms with Crippen LogP contribution in [0.2, 0.25) is 0 Å². The van der Waals surface area contributed by atoms with E-state index in [2.05, 4.69) is 4.90 Å². The molecule has 0 radical (unpaired) electrons. The van der Waals surface area contributed by atoms with E-state index in [9.17, 15) is 18.8 Å². The van der Waals surface area contributed by atoms with Crippen molar-refractivity contribution in [1.82, 2.24) is 9.80 Å². The van der Waals surface area contributed by atoms with Crippen LogP contribution in [-0.2, 0) is 9.59 Å². The maximum atomic E-state index is 13.3. The van der Waals surface area contributed by atoms with E-state index in [1.807, 2.05) is 4.90 Å². The SMILES string of the molecule is COc1cc(F)ccc1N1CCN(CC(=O)CN2C(=O)CSC2=O)CC1.Cl. The standard InChI is InChI=1S/C17H20FN3O4S.ClH/c1-25-15-8-12(18)2-3-14(15)20-6-4-19(5-7-20)9-13(22)10-21-16(23)11-26-17(21)24;/h2-3,8H,4-7,9-11H2,1H3;1H. The minimum atomic E-state index is -0.350. The van der Waals surface area contributed by atoms with Crippen molar-refractivity contribution in [2.75, 3.05) is 57.0 Å². The number of thioether (sulfide) groups is 1. The summed E-state index contributed by atoms with van der Waals surface area (Å²) in [6.45, 7) is 2.71. The van der Waals surface area contributed by atoms with Gasteiger partial charge >= 0.3 is 0 Å². The van der Waals surface area contributed by atoms with Gasteiger partial charge < -0.3 is 9.64 Å². The number of rotatable bonds is 6. The topological polar surface area (TPSA) is 70.2 Å². The average molecular weight is 418 g/mol. The third-order valence-electron chi connectivity index (χ3n) is 4.43. The molecule has 0 N–H and O–H groups in total. The Hall–Kier alpha value is -1.84. The summed E-state index contributed by atoms with van der Waals surface area (Å²) >= 11 is 0.930. The van der Waals surface area contributed by atoms with Gasteiger partial charge in [-0.3, -0.25) is 24.2 Å². The van der Waals surface area contributed by atoms with Gasteiger partial charge in [-0.1, -0.05) is 11.8 Å². The van der Waals surface area contributed by atoms with E-state index in [0.29, 0.717) is 31.9 Å². The van der Waals surface area contributed by atoms with Gasteiger partial charge in [0.05, 0.1) is 31.6 Å². The molecule has 27 heavy (non-hydrogen) atoms. The van der Waals surface area contributed by atoms with Crippen molar-refractivity contribution >= 4 is 46.8 Å². The Labute approximate surface area is 167 Å². The van der Waals surface area contributed by atoms with Gasteiger partial charge in [-0.05, 0) is 12.1 Å². The highest BCUT2D eigenvalue weighted by atomic mass is 35.5. The smallest absolute Gasteiger partial charge is 0.289 e. The number of Topliss-reactive ketones (excluding diaryl/α,β-unsaturated/α-hetero) is 1. The summed E-state index contributed by atoms with van der Waals surface area (Å²) < 4.78 is 18.6. The maximum absolute atomic E-state index is 13.3. The zero-order valence-electron chi connectivity index (χ0n) is 14.9. The summed E-state index contributed by atoms with van der Waals surface area (Å²) in [4.78, 5) is 40.4. The van der Waals surface area contributed by atoms with Crippen LogP contribution in [0, 0.1) is 5.82 Å². The number of halogens is 2. The van der Waals surface area contributed by atoms with Gasteiger partial charge in [0.25, 0.3) is 5.24 Å². The van der Waals surface area contributed by atoms with Crippen LogP contribution in [-0.4, -0.2) is 78.9 Å². The molecule has 2 amide bonds. The number of methoxy groups -OCH3 is 1. The first kappa shape index (κ1) is 21.5. The molecule has 2 heterocycles. The van der Waals surface area contributed by atoms with Crippen molar-refractivity contribution in [2.45, 2.75) is 0 Å². The van der Waals surface area contributed by atoms with Gasteiger partial charge in [-0.15, -0.1) is 12.4 Å². The van der Waals surface area contributed by atoms with Crippen LogP contribution in [0.3, 0.4) is 0 Å². The minimum Gasteiger partial charge on any atom is -0.494 e. The molecule has 2 fully saturated rings. The van der Waals surface area contributed by atoms with Gasteiger partial charge in [0.15, 0.2) is 5.78 Å². The Morgan fingerprint density at radius 2 is 1.89 bits per heavy atom. The first-order valence-corrected chi connectivity index (χ1v) is 9.26. The second kappa shape index (κ2) is 9.38. The molecule has 0 unspecified atom stereocenters. The molecule has 0 aromatic heterocycles. The molecule has 0 spiro atoms. The average Bonchev–Trinajstić information content (AvgIpc) is 2.94. The van der Waals surface area contributed by atoms with E-state index in [-0.39, 0.29) is 54.0 Å². The zero-order valence-corrected chi connectivity index (χ0v) is 16.5. The number of ether oxygens (including phenoxy) is 1. The summed E-state index contributed by atoms with van der Waals surface area (Å²) in [6.07, 6.45) is 0. The molecule has 0 aliphatic carbocycles. The first-order chi connectivity index (χ1) is 12.5. The maximum Gasteiger partial charge on any atom is 0.289 e. The van der Waals surface area contributed by atoms with E-state index in [1.165, 1.54) is 19.2 Å². The number of hydrogen-bond acceptors (Lipinski definition) is 7. The lowest BCUT2D eigenvalue weighted by molar-refractivity contribution is -0.130. The van der Waals surface area contributed by atoms with Gasteiger partial charge in [-0.2, -0.15) is 0 Å². The highest BCUT2D eigenvalue weighted by Gasteiger charge is 2.32. The number of anilines is 1. The molecule has 148 valence electrons. The molecule has 10 heteroatoms. The van der Waals surface area contributed by atoms with Crippen LogP contribution >= 0.6 is 24.2 Å². The van der Waals surface area contributed by atoms with E-state index in [4.69, 9.17) is 4.74 Å². The van der Waals surface area contributed by atoms with E-state index >= 15 is 0 Å². The lowest BCUT2D eigenvalue weighted by atomic mass is 10.2. The number of carbonyl (C=O) groups is 3. The summed E-state index contributed by atoms with van der Waals surface area (Å²) in [5, 5.41) is -0.350. The number of piperazine rings is 1. The van der Waals surface area contributed by atoms with Crippen LogP contribution in [0.1, 0.15) is 0 Å². The third kappa shape index (κ3) is 5.12. The van der Waals surface area contributed by atoms with E-state index in [1.54, 1.807) is 6.07 Å². The molecular weight excluding hydrogens is 397 g/mol. The Bertz CT molecular complexity index is 712. The lowest BCUT2D eigenvalue weighted by Crippen LogP contribution is -2.49. The predicted octanol–water partition coefficient (Wildman–Crippen LogP) is 1.64. The summed E-state index contributed by atoms with van der Waals surface area (Å²) in [5.41, 5.74) is 0.824.